The second kappa shape index (κ2) is 4.84. The molecule has 0 bridgehead atoms. The molecule has 0 unspecified atom stereocenters. The predicted molar refractivity (Wildman–Crippen MR) is 87.3 cm³/mol. The van der Waals surface area contributed by atoms with Gasteiger partial charge in [-0.25, -0.2) is 5.10 Å². The summed E-state index contributed by atoms with van der Waals surface area (Å²) < 4.78 is 1.88. The van der Waals surface area contributed by atoms with Crippen molar-refractivity contribution < 1.29 is 0 Å². The van der Waals surface area contributed by atoms with Gasteiger partial charge in [0.2, 0.25) is 0 Å². The number of aromatic nitrogens is 3. The summed E-state index contributed by atoms with van der Waals surface area (Å²) >= 11 is 0. The molecule has 0 fully saturated rings. The van der Waals surface area contributed by atoms with Gasteiger partial charge in [-0.2, -0.15) is 5.10 Å². The zero-order chi connectivity index (χ0) is 15.1. The fourth-order valence-electron chi connectivity index (χ4n) is 3.04. The van der Waals surface area contributed by atoms with Crippen LogP contribution in [0.25, 0.3) is 16.4 Å². The van der Waals surface area contributed by atoms with Crippen LogP contribution in [0, 0.1) is 6.92 Å². The number of aryl methyl sites for hydroxylation is 1. The largest absolute Gasteiger partial charge is 0.294 e. The Morgan fingerprint density at radius 1 is 1.14 bits per heavy atom. The summed E-state index contributed by atoms with van der Waals surface area (Å²) in [4.78, 5) is 12.3. The lowest BCUT2D eigenvalue weighted by Crippen LogP contribution is -2.12. The Kier molecular flexibility index (Phi) is 2.82. The maximum atomic E-state index is 12.3. The van der Waals surface area contributed by atoms with E-state index in [4.69, 9.17) is 0 Å². The molecule has 108 valence electrons. The van der Waals surface area contributed by atoms with Gasteiger partial charge in [0.15, 0.2) is 0 Å². The average Bonchev–Trinajstić information content (AvgIpc) is 2.83. The van der Waals surface area contributed by atoms with Crippen molar-refractivity contribution in [2.45, 2.75) is 13.3 Å². The normalized spacial score (nSPS) is 11.3. The summed E-state index contributed by atoms with van der Waals surface area (Å²) in [5.41, 5.74) is 4.97. The highest BCUT2D eigenvalue weighted by molar-refractivity contribution is 5.92. The SMILES string of the molecule is Cc1ccc2c(c1)c(Cc1ccccc1)c1c(=O)[nH]ncn12. The molecule has 0 aliphatic carbocycles. The molecule has 0 radical (unpaired) electrons. The summed E-state index contributed by atoms with van der Waals surface area (Å²) in [6, 6.07) is 16.5. The average molecular weight is 289 g/mol. The predicted octanol–water partition coefficient (Wildman–Crippen LogP) is 3.08. The van der Waals surface area contributed by atoms with E-state index in [2.05, 4.69) is 41.4 Å². The molecule has 4 heteroatoms. The molecule has 2 aromatic heterocycles. The molecule has 0 saturated carbocycles. The molecule has 0 aliphatic rings. The van der Waals surface area contributed by atoms with E-state index in [1.54, 1.807) is 6.33 Å². The fraction of sp³-hybridized carbons (Fsp3) is 0.111. The number of H-pyrrole nitrogens is 1. The smallest absolute Gasteiger partial charge is 0.288 e. The molecular weight excluding hydrogens is 274 g/mol. The zero-order valence-electron chi connectivity index (χ0n) is 12.2. The van der Waals surface area contributed by atoms with Crippen molar-refractivity contribution in [2.24, 2.45) is 0 Å². The lowest BCUT2D eigenvalue weighted by atomic mass is 10.0. The van der Waals surface area contributed by atoms with Crippen LogP contribution in [0.4, 0.5) is 0 Å². The lowest BCUT2D eigenvalue weighted by molar-refractivity contribution is 0.927. The molecule has 0 amide bonds. The Hall–Kier alpha value is -2.88. The first-order chi connectivity index (χ1) is 10.7. The maximum absolute atomic E-state index is 12.3. The van der Waals surface area contributed by atoms with E-state index in [1.165, 1.54) is 11.1 Å². The van der Waals surface area contributed by atoms with Gasteiger partial charge >= 0.3 is 0 Å². The molecule has 4 rings (SSSR count). The van der Waals surface area contributed by atoms with Gasteiger partial charge in [0, 0.05) is 11.8 Å². The van der Waals surface area contributed by atoms with Crippen LogP contribution in [0.1, 0.15) is 16.7 Å². The molecule has 22 heavy (non-hydrogen) atoms. The first-order valence-corrected chi connectivity index (χ1v) is 7.25. The van der Waals surface area contributed by atoms with Crippen LogP contribution >= 0.6 is 0 Å². The second-order valence-electron chi connectivity index (χ2n) is 5.57. The van der Waals surface area contributed by atoms with Crippen molar-refractivity contribution >= 4 is 16.4 Å². The van der Waals surface area contributed by atoms with Gasteiger partial charge in [-0.15, -0.1) is 0 Å². The summed E-state index contributed by atoms with van der Waals surface area (Å²) in [5.74, 6) is 0. The molecule has 0 saturated heterocycles. The molecule has 0 spiro atoms. The van der Waals surface area contributed by atoms with Gasteiger partial charge in [0.05, 0.1) is 5.52 Å². The number of aromatic amines is 1. The van der Waals surface area contributed by atoms with Crippen molar-refractivity contribution in [3.63, 3.8) is 0 Å². The van der Waals surface area contributed by atoms with Crippen LogP contribution in [0.15, 0.2) is 59.7 Å². The number of hydrogen-bond donors (Lipinski definition) is 1. The summed E-state index contributed by atoms with van der Waals surface area (Å²) in [5, 5.41) is 7.59. The Morgan fingerprint density at radius 2 is 1.95 bits per heavy atom. The quantitative estimate of drug-likeness (QED) is 0.616. The van der Waals surface area contributed by atoms with Crippen molar-refractivity contribution in [1.82, 2.24) is 14.6 Å². The standard InChI is InChI=1S/C18H15N3O/c1-12-7-8-16-14(9-12)15(10-13-5-3-2-4-6-13)17-18(22)20-19-11-21(16)17/h2-9,11H,10H2,1H3,(H,20,22). The van der Waals surface area contributed by atoms with E-state index in [0.717, 1.165) is 22.9 Å². The van der Waals surface area contributed by atoms with Gasteiger partial charge in [-0.3, -0.25) is 9.20 Å². The van der Waals surface area contributed by atoms with E-state index in [-0.39, 0.29) is 5.56 Å². The highest BCUT2D eigenvalue weighted by Gasteiger charge is 2.15. The first-order valence-electron chi connectivity index (χ1n) is 7.25. The Balaban J connectivity index is 2.09. The number of nitrogens with one attached hydrogen (secondary N) is 1. The van der Waals surface area contributed by atoms with Gasteiger partial charge in [-0.1, -0.05) is 42.0 Å². The van der Waals surface area contributed by atoms with E-state index in [1.807, 2.05) is 28.7 Å². The highest BCUT2D eigenvalue weighted by atomic mass is 16.1. The Bertz CT molecular complexity index is 1030. The summed E-state index contributed by atoms with van der Waals surface area (Å²) in [6.45, 7) is 2.07. The molecule has 0 aliphatic heterocycles. The van der Waals surface area contributed by atoms with Gasteiger partial charge in [0.1, 0.15) is 11.8 Å². The number of hydrogen-bond acceptors (Lipinski definition) is 2. The fourth-order valence-corrected chi connectivity index (χ4v) is 3.04. The molecule has 4 nitrogen and oxygen atoms in total. The van der Waals surface area contributed by atoms with Crippen LogP contribution in [0.2, 0.25) is 0 Å². The topological polar surface area (TPSA) is 50.2 Å². The molecule has 4 aromatic rings. The molecule has 0 atom stereocenters. The zero-order valence-corrected chi connectivity index (χ0v) is 12.2. The van der Waals surface area contributed by atoms with Crippen molar-refractivity contribution in [3.8, 4) is 0 Å². The van der Waals surface area contributed by atoms with Crippen molar-refractivity contribution in [2.75, 3.05) is 0 Å². The monoisotopic (exact) mass is 289 g/mol. The highest BCUT2D eigenvalue weighted by Crippen LogP contribution is 2.27. The minimum absolute atomic E-state index is 0.151. The van der Waals surface area contributed by atoms with E-state index in [0.29, 0.717) is 5.52 Å². The van der Waals surface area contributed by atoms with E-state index >= 15 is 0 Å². The maximum Gasteiger partial charge on any atom is 0.288 e. The molecule has 2 heterocycles. The van der Waals surface area contributed by atoms with Gasteiger partial charge in [0.25, 0.3) is 5.56 Å². The third-order valence-electron chi connectivity index (χ3n) is 4.04. The molecular formula is C18H15N3O. The van der Waals surface area contributed by atoms with Crippen LogP contribution in [0.3, 0.4) is 0 Å². The van der Waals surface area contributed by atoms with Crippen LogP contribution < -0.4 is 5.56 Å². The number of rotatable bonds is 2. The molecule has 1 N–H and O–H groups in total. The van der Waals surface area contributed by atoms with Gasteiger partial charge < -0.3 is 0 Å². The van der Waals surface area contributed by atoms with Crippen LogP contribution in [-0.4, -0.2) is 14.6 Å². The van der Waals surface area contributed by atoms with Crippen molar-refractivity contribution in [1.29, 1.82) is 0 Å². The second-order valence-corrected chi connectivity index (χ2v) is 5.57. The molecule has 2 aromatic carbocycles. The van der Waals surface area contributed by atoms with Gasteiger partial charge in [-0.05, 0) is 30.2 Å². The number of benzene rings is 2. The minimum atomic E-state index is -0.151. The minimum Gasteiger partial charge on any atom is -0.294 e. The third-order valence-corrected chi connectivity index (χ3v) is 4.04. The third kappa shape index (κ3) is 1.92. The van der Waals surface area contributed by atoms with Crippen LogP contribution in [-0.2, 0) is 6.42 Å². The van der Waals surface area contributed by atoms with Crippen LogP contribution in [0.5, 0.6) is 0 Å². The summed E-state index contributed by atoms with van der Waals surface area (Å²) in [6.07, 6.45) is 2.40. The number of nitrogens with zero attached hydrogens (tertiary/aromatic N) is 2. The van der Waals surface area contributed by atoms with Crippen molar-refractivity contribution in [3.05, 3.63) is 81.9 Å². The Labute approximate surface area is 127 Å². The van der Waals surface area contributed by atoms with E-state index < -0.39 is 0 Å². The van der Waals surface area contributed by atoms with E-state index in [9.17, 15) is 4.79 Å². The first kappa shape index (κ1) is 12.8. The summed E-state index contributed by atoms with van der Waals surface area (Å²) in [7, 11) is 0. The lowest BCUT2D eigenvalue weighted by Gasteiger charge is -2.01. The number of fused-ring (bicyclic) bond motifs is 3. The Morgan fingerprint density at radius 3 is 2.77 bits per heavy atom.